The zero-order valence-electron chi connectivity index (χ0n) is 14.2. The average Bonchev–Trinajstić information content (AvgIpc) is 2.68. The Morgan fingerprint density at radius 3 is 2.46 bits per heavy atom. The van der Waals surface area contributed by atoms with Crippen LogP contribution in [0.5, 0.6) is 5.75 Å². The lowest BCUT2D eigenvalue weighted by molar-refractivity contribution is -0.646. The van der Waals surface area contributed by atoms with E-state index in [2.05, 4.69) is 53.5 Å². The van der Waals surface area contributed by atoms with Crippen molar-refractivity contribution in [3.05, 3.63) is 72.9 Å². The van der Waals surface area contributed by atoms with Crippen molar-refractivity contribution in [3.63, 3.8) is 0 Å². The second kappa shape index (κ2) is 5.78. The van der Waals surface area contributed by atoms with Crippen molar-refractivity contribution in [1.29, 1.82) is 0 Å². The highest BCUT2D eigenvalue weighted by atomic mass is 32.2. The number of phenols is 1. The minimum absolute atomic E-state index is 0.275. The van der Waals surface area contributed by atoms with E-state index < -0.39 is 0 Å². The summed E-state index contributed by atoms with van der Waals surface area (Å²) in [6, 6.07) is 22.4. The monoisotopic (exact) mass is 357 g/mol. The summed E-state index contributed by atoms with van der Waals surface area (Å²) in [4.78, 5) is 2.19. The smallest absolute Gasteiger partial charge is 0.214 e. The number of benzene rings is 3. The highest BCUT2D eigenvalue weighted by Crippen LogP contribution is 2.50. The van der Waals surface area contributed by atoms with Gasteiger partial charge in [-0.05, 0) is 29.3 Å². The molecule has 5 rings (SSSR count). The first-order valence-corrected chi connectivity index (χ1v) is 9.31. The van der Waals surface area contributed by atoms with Crippen LogP contribution in [-0.2, 0) is 7.05 Å². The van der Waals surface area contributed by atoms with Gasteiger partial charge in [0.2, 0.25) is 5.52 Å². The second-order valence-corrected chi connectivity index (χ2v) is 7.54. The molecule has 4 heteroatoms. The van der Waals surface area contributed by atoms with E-state index in [0.717, 1.165) is 43.2 Å². The Bertz CT molecular complexity index is 1160. The van der Waals surface area contributed by atoms with Gasteiger partial charge < -0.3 is 10.4 Å². The van der Waals surface area contributed by atoms with Gasteiger partial charge in [0.15, 0.2) is 6.20 Å². The molecule has 0 fully saturated rings. The zero-order valence-corrected chi connectivity index (χ0v) is 15.0. The number of para-hydroxylation sites is 1. The maximum Gasteiger partial charge on any atom is 0.214 e. The summed E-state index contributed by atoms with van der Waals surface area (Å²) in [5.41, 5.74) is 5.11. The Labute approximate surface area is 155 Å². The van der Waals surface area contributed by atoms with Gasteiger partial charge in [0.25, 0.3) is 0 Å². The number of hydrogen-bond donors (Lipinski definition) is 2. The number of nitrogens with one attached hydrogen (secondary N) is 1. The van der Waals surface area contributed by atoms with Crippen LogP contribution in [-0.4, -0.2) is 5.11 Å². The fourth-order valence-corrected chi connectivity index (χ4v) is 4.64. The molecule has 0 aliphatic carbocycles. The Hall–Kier alpha value is -2.98. The molecule has 2 heterocycles. The van der Waals surface area contributed by atoms with Crippen LogP contribution in [0.15, 0.2) is 82.7 Å². The summed E-state index contributed by atoms with van der Waals surface area (Å²) in [5, 5.41) is 15.3. The standard InChI is InChI=1S/C22H16N2OS/c1-24-13-20-21(16-9-5-6-10-17(16)24)23-22-18(25)11-15(12-19(22)26-20)14-7-3-2-4-8-14/h2-13,25H,1H3/p+1. The number of rotatable bonds is 1. The third-order valence-electron chi connectivity index (χ3n) is 4.77. The van der Waals surface area contributed by atoms with Crippen LogP contribution in [0.4, 0.5) is 11.4 Å². The van der Waals surface area contributed by atoms with Crippen molar-refractivity contribution in [2.75, 3.05) is 5.32 Å². The van der Waals surface area contributed by atoms with Crippen LogP contribution < -0.4 is 9.88 Å². The molecule has 2 N–H and O–H groups in total. The molecule has 1 aromatic heterocycles. The second-order valence-electron chi connectivity index (χ2n) is 6.46. The largest absolute Gasteiger partial charge is 0.506 e. The first-order chi connectivity index (χ1) is 12.7. The van der Waals surface area contributed by atoms with E-state index in [-0.39, 0.29) is 5.75 Å². The predicted molar refractivity (Wildman–Crippen MR) is 106 cm³/mol. The van der Waals surface area contributed by atoms with Crippen molar-refractivity contribution < 1.29 is 9.67 Å². The first-order valence-electron chi connectivity index (χ1n) is 8.49. The normalized spacial score (nSPS) is 12.3. The lowest BCUT2D eigenvalue weighted by atomic mass is 10.0. The molecule has 0 saturated carbocycles. The number of fused-ring (bicyclic) bond motifs is 4. The van der Waals surface area contributed by atoms with Gasteiger partial charge in [0.1, 0.15) is 17.7 Å². The van der Waals surface area contributed by atoms with Crippen molar-refractivity contribution >= 4 is 34.0 Å². The van der Waals surface area contributed by atoms with Gasteiger partial charge in [-0.2, -0.15) is 4.57 Å². The molecule has 0 saturated heterocycles. The van der Waals surface area contributed by atoms with Crippen molar-refractivity contribution in [1.82, 2.24) is 0 Å². The molecular formula is C22H17N2OS+. The van der Waals surface area contributed by atoms with Gasteiger partial charge in [0, 0.05) is 11.0 Å². The summed E-state index contributed by atoms with van der Waals surface area (Å²) in [6.07, 6.45) is 2.14. The van der Waals surface area contributed by atoms with Crippen molar-refractivity contribution in [2.24, 2.45) is 7.05 Å². The molecule has 4 aromatic rings. The van der Waals surface area contributed by atoms with E-state index in [4.69, 9.17) is 0 Å². The minimum Gasteiger partial charge on any atom is -0.506 e. The summed E-state index contributed by atoms with van der Waals surface area (Å²) >= 11 is 1.69. The number of aryl methyl sites for hydroxylation is 1. The highest BCUT2D eigenvalue weighted by Gasteiger charge is 2.25. The van der Waals surface area contributed by atoms with Gasteiger partial charge >= 0.3 is 0 Å². The SMILES string of the molecule is C[n+]1cc2c(c3ccccc31)Nc1c(O)cc(-c3ccccc3)cc1S2. The summed E-state index contributed by atoms with van der Waals surface area (Å²) in [5.74, 6) is 0.275. The molecule has 0 spiro atoms. The molecule has 126 valence electrons. The van der Waals surface area contributed by atoms with Crippen LogP contribution in [0, 0.1) is 0 Å². The lowest BCUT2D eigenvalue weighted by Crippen LogP contribution is -2.29. The molecule has 1 aliphatic heterocycles. The summed E-state index contributed by atoms with van der Waals surface area (Å²) in [7, 11) is 2.07. The van der Waals surface area contributed by atoms with E-state index in [9.17, 15) is 5.11 Å². The molecule has 0 atom stereocenters. The Morgan fingerprint density at radius 2 is 1.62 bits per heavy atom. The third kappa shape index (κ3) is 2.34. The molecule has 0 radical (unpaired) electrons. The van der Waals surface area contributed by atoms with E-state index in [0.29, 0.717) is 0 Å². The zero-order chi connectivity index (χ0) is 17.7. The first kappa shape index (κ1) is 15.3. The van der Waals surface area contributed by atoms with Crippen LogP contribution in [0.25, 0.3) is 22.0 Å². The average molecular weight is 357 g/mol. The number of aromatic nitrogens is 1. The van der Waals surface area contributed by atoms with Crippen molar-refractivity contribution in [2.45, 2.75) is 9.79 Å². The number of anilines is 2. The van der Waals surface area contributed by atoms with Crippen LogP contribution in [0.3, 0.4) is 0 Å². The topological polar surface area (TPSA) is 36.1 Å². The molecule has 3 nitrogen and oxygen atoms in total. The fourth-order valence-electron chi connectivity index (χ4n) is 3.49. The predicted octanol–water partition coefficient (Wildman–Crippen LogP) is 5.25. The van der Waals surface area contributed by atoms with Crippen LogP contribution in [0.2, 0.25) is 0 Å². The highest BCUT2D eigenvalue weighted by molar-refractivity contribution is 7.99. The van der Waals surface area contributed by atoms with Gasteiger partial charge in [-0.25, -0.2) is 0 Å². The number of nitrogens with zero attached hydrogens (tertiary/aromatic N) is 1. The molecular weight excluding hydrogens is 340 g/mol. The molecule has 3 aromatic carbocycles. The van der Waals surface area contributed by atoms with Gasteiger partial charge in [0.05, 0.1) is 16.8 Å². The maximum atomic E-state index is 10.7. The lowest BCUT2D eigenvalue weighted by Gasteiger charge is -2.22. The molecule has 0 unspecified atom stereocenters. The number of pyridine rings is 1. The van der Waals surface area contributed by atoms with Crippen LogP contribution in [0.1, 0.15) is 0 Å². The number of aromatic hydroxyl groups is 1. The molecule has 0 bridgehead atoms. The summed E-state index contributed by atoms with van der Waals surface area (Å²) in [6.45, 7) is 0. The van der Waals surface area contributed by atoms with Gasteiger partial charge in [-0.3, -0.25) is 0 Å². The number of phenolic OH excluding ortho intramolecular Hbond substituents is 1. The van der Waals surface area contributed by atoms with E-state index >= 15 is 0 Å². The molecule has 0 amide bonds. The van der Waals surface area contributed by atoms with Gasteiger partial charge in [-0.15, -0.1) is 0 Å². The number of hydrogen-bond acceptors (Lipinski definition) is 3. The maximum absolute atomic E-state index is 10.7. The van der Waals surface area contributed by atoms with E-state index in [1.807, 2.05) is 36.4 Å². The third-order valence-corrected chi connectivity index (χ3v) is 5.84. The minimum atomic E-state index is 0.275. The molecule has 26 heavy (non-hydrogen) atoms. The molecule has 1 aliphatic rings. The summed E-state index contributed by atoms with van der Waals surface area (Å²) < 4.78 is 2.15. The Balaban J connectivity index is 1.68. The Kier molecular flexibility index (Phi) is 3.40. The van der Waals surface area contributed by atoms with E-state index in [1.165, 1.54) is 0 Å². The Morgan fingerprint density at radius 1 is 0.846 bits per heavy atom. The van der Waals surface area contributed by atoms with Crippen molar-refractivity contribution in [3.8, 4) is 16.9 Å². The quantitative estimate of drug-likeness (QED) is 0.318. The fraction of sp³-hybridized carbons (Fsp3) is 0.0455. The van der Waals surface area contributed by atoms with Gasteiger partial charge in [-0.1, -0.05) is 54.2 Å². The van der Waals surface area contributed by atoms with Crippen LogP contribution >= 0.6 is 11.8 Å². The van der Waals surface area contributed by atoms with E-state index in [1.54, 1.807) is 11.8 Å².